The molecule has 0 saturated carbocycles. The zero-order chi connectivity index (χ0) is 15.0. The van der Waals surface area contributed by atoms with E-state index in [2.05, 4.69) is 15.2 Å². The molecule has 0 spiro atoms. The molecule has 0 amide bonds. The SMILES string of the molecule is Cc1cc(CC(C)n2cnc3cccc(F)c3c2=O)n[nH]1. The summed E-state index contributed by atoms with van der Waals surface area (Å²) in [5.41, 5.74) is 1.84. The van der Waals surface area contributed by atoms with Gasteiger partial charge in [0, 0.05) is 18.2 Å². The number of aromatic nitrogens is 4. The Morgan fingerprint density at radius 3 is 2.95 bits per heavy atom. The molecule has 0 bridgehead atoms. The Morgan fingerprint density at radius 2 is 2.24 bits per heavy atom. The smallest absolute Gasteiger partial charge is 0.264 e. The lowest BCUT2D eigenvalue weighted by Gasteiger charge is -2.14. The van der Waals surface area contributed by atoms with Crippen LogP contribution in [0.3, 0.4) is 0 Å². The van der Waals surface area contributed by atoms with Crippen LogP contribution >= 0.6 is 0 Å². The molecule has 1 N–H and O–H groups in total. The Labute approximate surface area is 120 Å². The summed E-state index contributed by atoms with van der Waals surface area (Å²) < 4.78 is 15.3. The van der Waals surface area contributed by atoms with Crippen molar-refractivity contribution in [2.75, 3.05) is 0 Å². The van der Waals surface area contributed by atoms with Gasteiger partial charge in [-0.25, -0.2) is 9.37 Å². The first-order valence-electron chi connectivity index (χ1n) is 6.72. The summed E-state index contributed by atoms with van der Waals surface area (Å²) in [5.74, 6) is -0.540. The molecule has 0 radical (unpaired) electrons. The van der Waals surface area contributed by atoms with E-state index in [0.29, 0.717) is 11.9 Å². The molecule has 108 valence electrons. The maximum absolute atomic E-state index is 13.9. The highest BCUT2D eigenvalue weighted by molar-refractivity contribution is 5.77. The van der Waals surface area contributed by atoms with Crippen molar-refractivity contribution in [3.63, 3.8) is 0 Å². The van der Waals surface area contributed by atoms with Crippen molar-refractivity contribution in [3.05, 3.63) is 58.2 Å². The number of nitrogens with zero attached hydrogens (tertiary/aromatic N) is 3. The van der Waals surface area contributed by atoms with Crippen LogP contribution in [0.5, 0.6) is 0 Å². The van der Waals surface area contributed by atoms with Crippen molar-refractivity contribution >= 4 is 10.9 Å². The summed E-state index contributed by atoms with van der Waals surface area (Å²) in [7, 11) is 0. The number of H-pyrrole nitrogens is 1. The second-order valence-corrected chi connectivity index (χ2v) is 5.19. The first-order valence-corrected chi connectivity index (χ1v) is 6.72. The predicted octanol–water partition coefficient (Wildman–Crippen LogP) is 2.37. The van der Waals surface area contributed by atoms with E-state index in [1.54, 1.807) is 12.1 Å². The molecule has 0 fully saturated rings. The van der Waals surface area contributed by atoms with Crippen molar-refractivity contribution in [2.24, 2.45) is 0 Å². The quantitative estimate of drug-likeness (QED) is 0.804. The molecule has 3 rings (SSSR count). The Hall–Kier alpha value is -2.50. The Morgan fingerprint density at radius 1 is 1.43 bits per heavy atom. The molecule has 0 aliphatic rings. The fourth-order valence-electron chi connectivity index (χ4n) is 2.43. The lowest BCUT2D eigenvalue weighted by Crippen LogP contribution is -2.25. The normalized spacial score (nSPS) is 12.7. The van der Waals surface area contributed by atoms with E-state index in [0.717, 1.165) is 11.4 Å². The summed E-state index contributed by atoms with van der Waals surface area (Å²) in [6, 6.07) is 6.22. The van der Waals surface area contributed by atoms with Gasteiger partial charge in [-0.15, -0.1) is 0 Å². The molecule has 1 aromatic carbocycles. The van der Waals surface area contributed by atoms with Gasteiger partial charge in [0.15, 0.2) is 0 Å². The average Bonchev–Trinajstić information content (AvgIpc) is 2.84. The van der Waals surface area contributed by atoms with Gasteiger partial charge in [0.05, 0.1) is 17.5 Å². The van der Waals surface area contributed by atoms with Crippen molar-refractivity contribution < 1.29 is 4.39 Å². The zero-order valence-electron chi connectivity index (χ0n) is 11.8. The maximum atomic E-state index is 13.9. The van der Waals surface area contributed by atoms with Crippen LogP contribution in [0, 0.1) is 12.7 Å². The van der Waals surface area contributed by atoms with Gasteiger partial charge in [-0.1, -0.05) is 6.07 Å². The minimum Gasteiger partial charge on any atom is -0.295 e. The highest BCUT2D eigenvalue weighted by Crippen LogP contribution is 2.15. The number of fused-ring (bicyclic) bond motifs is 1. The van der Waals surface area contributed by atoms with Crippen molar-refractivity contribution in [1.29, 1.82) is 0 Å². The largest absolute Gasteiger partial charge is 0.295 e. The van der Waals surface area contributed by atoms with Gasteiger partial charge >= 0.3 is 0 Å². The monoisotopic (exact) mass is 286 g/mol. The standard InChI is InChI=1S/C15H15FN4O/c1-9-6-11(19-18-9)7-10(2)20-8-17-13-5-3-4-12(16)14(13)15(20)21/h3-6,8,10H,7H2,1-2H3,(H,18,19). The topological polar surface area (TPSA) is 63.6 Å². The van der Waals surface area contributed by atoms with Gasteiger partial charge in [0.25, 0.3) is 5.56 Å². The number of rotatable bonds is 3. The minimum atomic E-state index is -0.540. The number of halogens is 1. The third kappa shape index (κ3) is 2.44. The molecule has 2 aromatic heterocycles. The van der Waals surface area contributed by atoms with E-state index in [-0.39, 0.29) is 17.0 Å². The molecular weight excluding hydrogens is 271 g/mol. The van der Waals surface area contributed by atoms with Crippen molar-refractivity contribution in [1.82, 2.24) is 19.7 Å². The van der Waals surface area contributed by atoms with E-state index in [1.165, 1.54) is 17.0 Å². The zero-order valence-corrected chi connectivity index (χ0v) is 11.8. The molecule has 2 heterocycles. The fraction of sp³-hybridized carbons (Fsp3) is 0.267. The molecule has 0 aliphatic heterocycles. The van der Waals surface area contributed by atoms with Crippen LogP contribution in [-0.2, 0) is 6.42 Å². The van der Waals surface area contributed by atoms with Crippen LogP contribution in [0.1, 0.15) is 24.4 Å². The second kappa shape index (κ2) is 5.12. The number of hydrogen-bond donors (Lipinski definition) is 1. The molecule has 3 aromatic rings. The predicted molar refractivity (Wildman–Crippen MR) is 77.7 cm³/mol. The first kappa shape index (κ1) is 13.5. The van der Waals surface area contributed by atoms with Gasteiger partial charge in [0.1, 0.15) is 11.2 Å². The molecule has 5 nitrogen and oxygen atoms in total. The van der Waals surface area contributed by atoms with Crippen LogP contribution in [0.25, 0.3) is 10.9 Å². The van der Waals surface area contributed by atoms with Gasteiger partial charge in [0.2, 0.25) is 0 Å². The summed E-state index contributed by atoms with van der Waals surface area (Å²) in [4.78, 5) is 16.6. The Bertz CT molecular complexity index is 852. The maximum Gasteiger partial charge on any atom is 0.264 e. The summed E-state index contributed by atoms with van der Waals surface area (Å²) in [6.45, 7) is 3.81. The number of aromatic amines is 1. The molecule has 0 aliphatic carbocycles. The number of nitrogens with one attached hydrogen (secondary N) is 1. The third-order valence-corrected chi connectivity index (χ3v) is 3.50. The molecule has 1 unspecified atom stereocenters. The summed E-state index contributed by atoms with van der Waals surface area (Å²) in [5, 5.41) is 7.05. The van der Waals surface area contributed by atoms with E-state index < -0.39 is 5.82 Å². The van der Waals surface area contributed by atoms with Crippen LogP contribution < -0.4 is 5.56 Å². The fourth-order valence-corrected chi connectivity index (χ4v) is 2.43. The van der Waals surface area contributed by atoms with Gasteiger partial charge in [-0.05, 0) is 32.0 Å². The van der Waals surface area contributed by atoms with Crippen molar-refractivity contribution in [3.8, 4) is 0 Å². The third-order valence-electron chi connectivity index (χ3n) is 3.50. The molecule has 0 saturated heterocycles. The Balaban J connectivity index is 2.02. The van der Waals surface area contributed by atoms with E-state index in [1.807, 2.05) is 19.9 Å². The molecular formula is C15H15FN4O. The lowest BCUT2D eigenvalue weighted by atomic mass is 10.1. The molecule has 21 heavy (non-hydrogen) atoms. The van der Waals surface area contributed by atoms with Crippen molar-refractivity contribution in [2.45, 2.75) is 26.3 Å². The number of hydrogen-bond acceptors (Lipinski definition) is 3. The van der Waals surface area contributed by atoms with Gasteiger partial charge in [-0.2, -0.15) is 5.10 Å². The summed E-state index contributed by atoms with van der Waals surface area (Å²) in [6.07, 6.45) is 2.04. The van der Waals surface area contributed by atoms with Crippen LogP contribution in [-0.4, -0.2) is 19.7 Å². The highest BCUT2D eigenvalue weighted by atomic mass is 19.1. The van der Waals surface area contributed by atoms with E-state index >= 15 is 0 Å². The van der Waals surface area contributed by atoms with E-state index in [9.17, 15) is 9.18 Å². The average molecular weight is 286 g/mol. The first-order chi connectivity index (χ1) is 10.1. The minimum absolute atomic E-state index is 0.0325. The van der Waals surface area contributed by atoms with E-state index in [4.69, 9.17) is 0 Å². The number of aryl methyl sites for hydroxylation is 1. The van der Waals surface area contributed by atoms with Gasteiger partial charge < -0.3 is 0 Å². The van der Waals surface area contributed by atoms with Crippen LogP contribution in [0.15, 0.2) is 35.4 Å². The molecule has 1 atom stereocenters. The number of benzene rings is 1. The Kier molecular flexibility index (Phi) is 3.29. The summed E-state index contributed by atoms with van der Waals surface area (Å²) >= 11 is 0. The highest BCUT2D eigenvalue weighted by Gasteiger charge is 2.14. The second-order valence-electron chi connectivity index (χ2n) is 5.19. The van der Waals surface area contributed by atoms with Gasteiger partial charge in [-0.3, -0.25) is 14.5 Å². The van der Waals surface area contributed by atoms with Crippen LogP contribution in [0.4, 0.5) is 4.39 Å². The lowest BCUT2D eigenvalue weighted by molar-refractivity contribution is 0.515. The van der Waals surface area contributed by atoms with Crippen LogP contribution in [0.2, 0.25) is 0 Å². The molecule has 6 heteroatoms.